The number of halogens is 4. The third kappa shape index (κ3) is 3.85. The van der Waals surface area contributed by atoms with Gasteiger partial charge in [-0.15, -0.1) is 0 Å². The summed E-state index contributed by atoms with van der Waals surface area (Å²) in [5.41, 5.74) is 0.0347. The first kappa shape index (κ1) is 16.0. The van der Waals surface area contributed by atoms with Gasteiger partial charge in [0.15, 0.2) is 0 Å². The zero-order chi connectivity index (χ0) is 15.6. The SMILES string of the molecule is CC(NC(=O)c1ccc(Br)c(C(F)(F)F)c1)c1ccsc1. The summed E-state index contributed by atoms with van der Waals surface area (Å²) in [6.07, 6.45) is -4.51. The maximum absolute atomic E-state index is 12.8. The summed E-state index contributed by atoms with van der Waals surface area (Å²) in [6, 6.07) is 5.03. The fourth-order valence-corrected chi connectivity index (χ4v) is 2.99. The molecule has 0 fully saturated rings. The molecule has 1 aromatic heterocycles. The lowest BCUT2D eigenvalue weighted by molar-refractivity contribution is -0.138. The maximum Gasteiger partial charge on any atom is 0.417 e. The van der Waals surface area contributed by atoms with Gasteiger partial charge in [0, 0.05) is 10.0 Å². The van der Waals surface area contributed by atoms with Crippen molar-refractivity contribution in [1.29, 1.82) is 0 Å². The van der Waals surface area contributed by atoms with Crippen LogP contribution >= 0.6 is 27.3 Å². The number of nitrogens with one attached hydrogen (secondary N) is 1. The van der Waals surface area contributed by atoms with Gasteiger partial charge in [0.25, 0.3) is 5.91 Å². The van der Waals surface area contributed by atoms with Crippen LogP contribution in [0.4, 0.5) is 13.2 Å². The second-order valence-corrected chi connectivity index (χ2v) is 6.08. The summed E-state index contributed by atoms with van der Waals surface area (Å²) in [4.78, 5) is 12.1. The number of carbonyl (C=O) groups excluding carboxylic acids is 1. The van der Waals surface area contributed by atoms with Crippen molar-refractivity contribution in [1.82, 2.24) is 5.32 Å². The molecule has 1 N–H and O–H groups in total. The van der Waals surface area contributed by atoms with Crippen molar-refractivity contribution < 1.29 is 18.0 Å². The summed E-state index contributed by atoms with van der Waals surface area (Å²) < 4.78 is 38.4. The van der Waals surface area contributed by atoms with Crippen molar-refractivity contribution in [3.8, 4) is 0 Å². The predicted octanol–water partition coefficient (Wildman–Crippen LogP) is 5.02. The number of carbonyl (C=O) groups is 1. The molecule has 2 rings (SSSR count). The Morgan fingerprint density at radius 2 is 2.05 bits per heavy atom. The van der Waals surface area contributed by atoms with Gasteiger partial charge in [-0.2, -0.15) is 24.5 Å². The van der Waals surface area contributed by atoms with Crippen LogP contribution < -0.4 is 5.32 Å². The van der Waals surface area contributed by atoms with Crippen LogP contribution in [-0.4, -0.2) is 5.91 Å². The summed E-state index contributed by atoms with van der Waals surface area (Å²) in [7, 11) is 0. The minimum absolute atomic E-state index is 0.0207. The molecule has 0 radical (unpaired) electrons. The Labute approximate surface area is 132 Å². The molecule has 0 aliphatic carbocycles. The highest BCUT2D eigenvalue weighted by Crippen LogP contribution is 2.35. The van der Waals surface area contributed by atoms with Crippen molar-refractivity contribution >= 4 is 33.2 Å². The lowest BCUT2D eigenvalue weighted by Crippen LogP contribution is -2.26. The first-order valence-corrected chi connectivity index (χ1v) is 7.72. The summed E-state index contributed by atoms with van der Waals surface area (Å²) in [5.74, 6) is -0.535. The molecule has 21 heavy (non-hydrogen) atoms. The molecule has 1 aromatic carbocycles. The van der Waals surface area contributed by atoms with Gasteiger partial charge in [-0.3, -0.25) is 4.79 Å². The zero-order valence-electron chi connectivity index (χ0n) is 10.9. The highest BCUT2D eigenvalue weighted by molar-refractivity contribution is 9.10. The molecule has 2 nitrogen and oxygen atoms in total. The van der Waals surface area contributed by atoms with Crippen LogP contribution in [0.1, 0.15) is 34.5 Å². The van der Waals surface area contributed by atoms with Crippen LogP contribution in [0.15, 0.2) is 39.5 Å². The summed E-state index contributed by atoms with van der Waals surface area (Å²) >= 11 is 4.34. The fraction of sp³-hybridized carbons (Fsp3) is 0.214. The molecule has 0 bridgehead atoms. The molecule has 0 saturated carbocycles. The quantitative estimate of drug-likeness (QED) is 0.799. The van der Waals surface area contributed by atoms with Crippen molar-refractivity contribution in [2.24, 2.45) is 0 Å². The van der Waals surface area contributed by atoms with Gasteiger partial charge in [0.2, 0.25) is 0 Å². The Balaban J connectivity index is 2.20. The Morgan fingerprint density at radius 1 is 1.33 bits per heavy atom. The third-order valence-corrected chi connectivity index (χ3v) is 4.32. The summed E-state index contributed by atoms with van der Waals surface area (Å²) in [5, 5.41) is 6.44. The van der Waals surface area contributed by atoms with E-state index in [9.17, 15) is 18.0 Å². The number of alkyl halides is 3. The van der Waals surface area contributed by atoms with E-state index in [2.05, 4.69) is 21.2 Å². The van der Waals surface area contributed by atoms with E-state index in [1.165, 1.54) is 23.5 Å². The Bertz CT molecular complexity index is 640. The van der Waals surface area contributed by atoms with Crippen LogP contribution in [0.3, 0.4) is 0 Å². The molecule has 1 heterocycles. The van der Waals surface area contributed by atoms with Crippen LogP contribution in [-0.2, 0) is 6.18 Å². The highest BCUT2D eigenvalue weighted by atomic mass is 79.9. The number of hydrogen-bond acceptors (Lipinski definition) is 2. The van der Waals surface area contributed by atoms with Gasteiger partial charge in [-0.25, -0.2) is 0 Å². The molecule has 1 atom stereocenters. The molecular weight excluding hydrogens is 367 g/mol. The average molecular weight is 378 g/mol. The lowest BCUT2D eigenvalue weighted by Gasteiger charge is -2.14. The Hall–Kier alpha value is -1.34. The number of hydrogen-bond donors (Lipinski definition) is 1. The molecule has 0 spiro atoms. The van der Waals surface area contributed by atoms with Crippen LogP contribution in [0.25, 0.3) is 0 Å². The zero-order valence-corrected chi connectivity index (χ0v) is 13.3. The molecule has 7 heteroatoms. The van der Waals surface area contributed by atoms with Gasteiger partial charge < -0.3 is 5.32 Å². The molecular formula is C14H11BrF3NOS. The van der Waals surface area contributed by atoms with E-state index in [4.69, 9.17) is 0 Å². The first-order chi connectivity index (χ1) is 9.79. The molecule has 2 aromatic rings. The fourth-order valence-electron chi connectivity index (χ4n) is 1.77. The standard InChI is InChI=1S/C14H11BrF3NOS/c1-8(10-4-5-21-7-10)19-13(20)9-2-3-12(15)11(6-9)14(16,17)18/h2-8H,1H3,(H,19,20). The maximum atomic E-state index is 12.8. The summed E-state index contributed by atoms with van der Waals surface area (Å²) in [6.45, 7) is 1.78. The monoisotopic (exact) mass is 377 g/mol. The average Bonchev–Trinajstić information content (AvgIpc) is 2.91. The molecule has 1 unspecified atom stereocenters. The molecule has 1 amide bonds. The normalized spacial score (nSPS) is 13.0. The number of rotatable bonds is 3. The lowest BCUT2D eigenvalue weighted by atomic mass is 10.1. The predicted molar refractivity (Wildman–Crippen MR) is 79.3 cm³/mol. The van der Waals surface area contributed by atoms with Crippen molar-refractivity contribution in [2.75, 3.05) is 0 Å². The molecule has 112 valence electrons. The van der Waals surface area contributed by atoms with E-state index < -0.39 is 17.6 Å². The van der Waals surface area contributed by atoms with Crippen LogP contribution in [0, 0.1) is 0 Å². The second-order valence-electron chi connectivity index (χ2n) is 4.44. The molecule has 0 aliphatic heterocycles. The van der Waals surface area contributed by atoms with Gasteiger partial charge >= 0.3 is 6.18 Å². The number of amides is 1. The van der Waals surface area contributed by atoms with E-state index in [0.717, 1.165) is 11.6 Å². The van der Waals surface area contributed by atoms with Crippen molar-refractivity contribution in [3.05, 3.63) is 56.2 Å². The number of benzene rings is 1. The number of thiophene rings is 1. The van der Waals surface area contributed by atoms with E-state index in [0.29, 0.717) is 0 Å². The Kier molecular flexibility index (Phi) is 4.73. The second kappa shape index (κ2) is 6.19. The van der Waals surface area contributed by atoms with Gasteiger partial charge in [0.1, 0.15) is 0 Å². The minimum atomic E-state index is -4.51. The van der Waals surface area contributed by atoms with Gasteiger partial charge in [-0.05, 0) is 47.5 Å². The van der Waals surface area contributed by atoms with Crippen LogP contribution in [0.2, 0.25) is 0 Å². The highest BCUT2D eigenvalue weighted by Gasteiger charge is 2.33. The minimum Gasteiger partial charge on any atom is -0.345 e. The van der Waals surface area contributed by atoms with E-state index in [1.54, 1.807) is 6.92 Å². The van der Waals surface area contributed by atoms with Crippen molar-refractivity contribution in [2.45, 2.75) is 19.1 Å². The first-order valence-electron chi connectivity index (χ1n) is 5.98. The van der Waals surface area contributed by atoms with Crippen LogP contribution in [0.5, 0.6) is 0 Å². The topological polar surface area (TPSA) is 29.1 Å². The largest absolute Gasteiger partial charge is 0.417 e. The van der Waals surface area contributed by atoms with Gasteiger partial charge in [0.05, 0.1) is 11.6 Å². The van der Waals surface area contributed by atoms with E-state index >= 15 is 0 Å². The molecule has 0 aliphatic rings. The third-order valence-electron chi connectivity index (χ3n) is 2.92. The van der Waals surface area contributed by atoms with Crippen molar-refractivity contribution in [3.63, 3.8) is 0 Å². The Morgan fingerprint density at radius 3 is 2.62 bits per heavy atom. The molecule has 0 saturated heterocycles. The smallest absolute Gasteiger partial charge is 0.345 e. The van der Waals surface area contributed by atoms with Gasteiger partial charge in [-0.1, -0.05) is 15.9 Å². The van der Waals surface area contributed by atoms with E-state index in [-0.39, 0.29) is 16.1 Å². The van der Waals surface area contributed by atoms with E-state index in [1.807, 2.05) is 16.8 Å².